The molecule has 0 unspecified atom stereocenters. The predicted molar refractivity (Wildman–Crippen MR) is 142 cm³/mol. The molecule has 1 rings (SSSR count). The van der Waals surface area contributed by atoms with Gasteiger partial charge in [-0.25, -0.2) is 0 Å². The minimum Gasteiger partial charge on any atom is -0.465 e. The second-order valence-corrected chi connectivity index (χ2v) is 9.30. The van der Waals surface area contributed by atoms with E-state index in [2.05, 4.69) is 36.2 Å². The largest absolute Gasteiger partial charge is 0.465 e. The maximum Gasteiger partial charge on any atom is 0.325 e. The Morgan fingerprint density at radius 1 is 0.794 bits per heavy atom. The molecule has 194 valence electrons. The number of nitrogens with zero attached hydrogens (tertiary/aromatic N) is 1. The summed E-state index contributed by atoms with van der Waals surface area (Å²) in [6, 6.07) is 9.94. The fraction of sp³-hybridized carbons (Fsp3) is 0.724. The molecule has 0 spiro atoms. The van der Waals surface area contributed by atoms with Crippen molar-refractivity contribution in [1.82, 2.24) is 10.2 Å². The third-order valence-corrected chi connectivity index (χ3v) is 6.33. The first kappa shape index (κ1) is 30.2. The maximum absolute atomic E-state index is 13.3. The Balaban J connectivity index is 2.82. The Hall–Kier alpha value is -1.88. The molecule has 0 fully saturated rings. The van der Waals surface area contributed by atoms with E-state index in [1.807, 2.05) is 18.2 Å². The number of esters is 1. The molecule has 1 amide bonds. The van der Waals surface area contributed by atoms with Crippen LogP contribution in [0.25, 0.3) is 0 Å². The van der Waals surface area contributed by atoms with E-state index in [4.69, 9.17) is 4.74 Å². The van der Waals surface area contributed by atoms with Gasteiger partial charge in [0, 0.05) is 0 Å². The summed E-state index contributed by atoms with van der Waals surface area (Å²) in [4.78, 5) is 27.5. The Morgan fingerprint density at radius 3 is 1.85 bits per heavy atom. The summed E-state index contributed by atoms with van der Waals surface area (Å²) >= 11 is 0. The van der Waals surface area contributed by atoms with Crippen molar-refractivity contribution in [3.05, 3.63) is 35.9 Å². The average Bonchev–Trinajstić information content (AvgIpc) is 2.85. The molecular formula is C29H50N2O3. The van der Waals surface area contributed by atoms with Crippen molar-refractivity contribution in [2.24, 2.45) is 0 Å². The molecule has 0 bridgehead atoms. The van der Waals surface area contributed by atoms with E-state index < -0.39 is 0 Å². The lowest BCUT2D eigenvalue weighted by molar-refractivity contribution is -0.144. The number of benzene rings is 1. The minimum atomic E-state index is -0.382. The Labute approximate surface area is 209 Å². The van der Waals surface area contributed by atoms with E-state index in [1.165, 1.54) is 64.2 Å². The number of carbonyl (C=O) groups excluding carboxylic acids is 2. The van der Waals surface area contributed by atoms with E-state index >= 15 is 0 Å². The van der Waals surface area contributed by atoms with Gasteiger partial charge in [0.05, 0.1) is 12.6 Å². The van der Waals surface area contributed by atoms with Gasteiger partial charge in [-0.1, -0.05) is 108 Å². The fourth-order valence-corrected chi connectivity index (χ4v) is 4.33. The number of nitrogens with one attached hydrogen (secondary N) is 1. The van der Waals surface area contributed by atoms with Crippen LogP contribution in [0.4, 0.5) is 0 Å². The Morgan fingerprint density at radius 2 is 1.32 bits per heavy atom. The zero-order chi connectivity index (χ0) is 24.9. The van der Waals surface area contributed by atoms with Crippen molar-refractivity contribution in [1.29, 1.82) is 0 Å². The summed E-state index contributed by atoms with van der Waals surface area (Å²) in [5, 5.41) is 2.85. The van der Waals surface area contributed by atoms with Gasteiger partial charge in [-0.3, -0.25) is 14.5 Å². The molecular weight excluding hydrogens is 424 g/mol. The second-order valence-electron chi connectivity index (χ2n) is 9.30. The maximum atomic E-state index is 13.3. The average molecular weight is 475 g/mol. The Kier molecular flexibility index (Phi) is 18.2. The van der Waals surface area contributed by atoms with Gasteiger partial charge in [0.2, 0.25) is 5.91 Å². The summed E-state index contributed by atoms with van der Waals surface area (Å²) in [5.41, 5.74) is 1.15. The predicted octanol–water partition coefficient (Wildman–Crippen LogP) is 6.30. The van der Waals surface area contributed by atoms with Crippen LogP contribution >= 0.6 is 0 Å². The molecule has 0 saturated heterocycles. The number of unbranched alkanes of at least 4 members (excludes halogenated alkanes) is 10. The topological polar surface area (TPSA) is 58.6 Å². The van der Waals surface area contributed by atoms with E-state index in [1.54, 1.807) is 6.92 Å². The van der Waals surface area contributed by atoms with Gasteiger partial charge in [0.15, 0.2) is 0 Å². The summed E-state index contributed by atoms with van der Waals surface area (Å²) in [6.07, 6.45) is 15.5. The van der Waals surface area contributed by atoms with Crippen molar-refractivity contribution < 1.29 is 14.3 Å². The van der Waals surface area contributed by atoms with Crippen molar-refractivity contribution in [2.45, 2.75) is 110 Å². The monoisotopic (exact) mass is 474 g/mol. The first-order chi connectivity index (χ1) is 16.6. The van der Waals surface area contributed by atoms with Crippen LogP contribution in [0.1, 0.15) is 103 Å². The Bertz CT molecular complexity index is 620. The highest BCUT2D eigenvalue weighted by atomic mass is 16.5. The second kappa shape index (κ2) is 20.5. The molecule has 5 heteroatoms. The van der Waals surface area contributed by atoms with Gasteiger partial charge < -0.3 is 10.1 Å². The van der Waals surface area contributed by atoms with Crippen LogP contribution in [-0.4, -0.2) is 49.1 Å². The van der Waals surface area contributed by atoms with Gasteiger partial charge in [0.1, 0.15) is 6.54 Å². The number of ether oxygens (including phenoxy) is 1. The van der Waals surface area contributed by atoms with Crippen LogP contribution in [0, 0.1) is 0 Å². The highest BCUT2D eigenvalue weighted by Gasteiger charge is 2.26. The minimum absolute atomic E-state index is 0.0696. The SMILES string of the molecule is CCCCCCCCN(CCCCCCCC)[C@@H](Cc1ccccc1)C(=O)NCC(=O)OCC. The van der Waals surface area contributed by atoms with Gasteiger partial charge in [-0.15, -0.1) is 0 Å². The highest BCUT2D eigenvalue weighted by Crippen LogP contribution is 2.15. The standard InChI is InChI=1S/C29H50N2O3/c1-4-7-9-11-13-18-22-31(23-19-14-12-10-8-5-2)27(24-26-20-16-15-17-21-26)29(33)30-25-28(32)34-6-3/h15-17,20-21,27H,4-14,18-19,22-25H2,1-3H3,(H,30,33)/t27-/m0/s1. The molecule has 0 aliphatic carbocycles. The number of hydrogen-bond donors (Lipinski definition) is 1. The zero-order valence-electron chi connectivity index (χ0n) is 22.2. The normalized spacial score (nSPS) is 12.0. The van der Waals surface area contributed by atoms with Gasteiger partial charge in [0.25, 0.3) is 0 Å². The van der Waals surface area contributed by atoms with Crippen LogP contribution in [0.2, 0.25) is 0 Å². The number of rotatable bonds is 21. The summed E-state index contributed by atoms with van der Waals surface area (Å²) in [5.74, 6) is -0.457. The van der Waals surface area contributed by atoms with E-state index in [-0.39, 0.29) is 24.5 Å². The third kappa shape index (κ3) is 14.4. The fourth-order valence-electron chi connectivity index (χ4n) is 4.33. The molecule has 1 aromatic rings. The summed E-state index contributed by atoms with van der Waals surface area (Å²) in [7, 11) is 0. The van der Waals surface area contributed by atoms with Crippen LogP contribution in [0.3, 0.4) is 0 Å². The summed E-state index contributed by atoms with van der Waals surface area (Å²) in [6.45, 7) is 8.36. The van der Waals surface area contributed by atoms with Crippen LogP contribution in [0.5, 0.6) is 0 Å². The van der Waals surface area contributed by atoms with Gasteiger partial charge in [-0.2, -0.15) is 0 Å². The molecule has 1 N–H and O–H groups in total. The van der Waals surface area contributed by atoms with E-state index in [9.17, 15) is 9.59 Å². The molecule has 34 heavy (non-hydrogen) atoms. The smallest absolute Gasteiger partial charge is 0.325 e. The van der Waals surface area contributed by atoms with Crippen molar-refractivity contribution in [3.8, 4) is 0 Å². The lowest BCUT2D eigenvalue weighted by Crippen LogP contribution is -2.50. The molecule has 0 aromatic heterocycles. The third-order valence-electron chi connectivity index (χ3n) is 6.33. The number of amides is 1. The van der Waals surface area contributed by atoms with Crippen LogP contribution < -0.4 is 5.32 Å². The summed E-state index contributed by atoms with van der Waals surface area (Å²) < 4.78 is 5.01. The molecule has 0 aliphatic heterocycles. The van der Waals surface area contributed by atoms with Crippen molar-refractivity contribution in [3.63, 3.8) is 0 Å². The van der Waals surface area contributed by atoms with Crippen molar-refractivity contribution in [2.75, 3.05) is 26.2 Å². The lowest BCUT2D eigenvalue weighted by Gasteiger charge is -2.31. The highest BCUT2D eigenvalue weighted by molar-refractivity contribution is 5.85. The lowest BCUT2D eigenvalue weighted by atomic mass is 10.0. The van der Waals surface area contributed by atoms with Gasteiger partial charge >= 0.3 is 5.97 Å². The van der Waals surface area contributed by atoms with Crippen molar-refractivity contribution >= 4 is 11.9 Å². The van der Waals surface area contributed by atoms with E-state index in [0.29, 0.717) is 13.0 Å². The first-order valence-electron chi connectivity index (χ1n) is 13.8. The zero-order valence-corrected chi connectivity index (χ0v) is 22.2. The molecule has 0 heterocycles. The van der Waals surface area contributed by atoms with E-state index in [0.717, 1.165) is 31.5 Å². The first-order valence-corrected chi connectivity index (χ1v) is 13.8. The molecule has 1 atom stereocenters. The molecule has 0 aliphatic rings. The molecule has 1 aromatic carbocycles. The van der Waals surface area contributed by atoms with Crippen LogP contribution in [-0.2, 0) is 20.7 Å². The van der Waals surface area contributed by atoms with Crippen LogP contribution in [0.15, 0.2) is 30.3 Å². The quantitative estimate of drug-likeness (QED) is 0.168. The molecule has 0 saturated carbocycles. The number of carbonyl (C=O) groups is 2. The van der Waals surface area contributed by atoms with Gasteiger partial charge in [-0.05, 0) is 44.8 Å². The molecule has 0 radical (unpaired) electrons. The number of hydrogen-bond acceptors (Lipinski definition) is 4. The molecule has 5 nitrogen and oxygen atoms in total.